The van der Waals surface area contributed by atoms with E-state index in [9.17, 15) is 13.2 Å². The van der Waals surface area contributed by atoms with Gasteiger partial charge in [-0.2, -0.15) is 13.2 Å². The summed E-state index contributed by atoms with van der Waals surface area (Å²) < 4.78 is 43.9. The van der Waals surface area contributed by atoms with Crippen LogP contribution in [0.5, 0.6) is 0 Å². The number of hydrogen-bond donors (Lipinski definition) is 0. The lowest BCUT2D eigenvalue weighted by Gasteiger charge is -2.26. The van der Waals surface area contributed by atoms with Gasteiger partial charge in [-0.3, -0.25) is 4.90 Å². The minimum Gasteiger partial charge on any atom is -0.381 e. The molecule has 0 aromatic heterocycles. The van der Waals surface area contributed by atoms with Gasteiger partial charge in [-0.05, 0) is 67.8 Å². The number of benzene rings is 1. The number of rotatable bonds is 8. The molecule has 6 heteroatoms. The maximum absolute atomic E-state index is 12.6. The van der Waals surface area contributed by atoms with Crippen LogP contribution < -0.4 is 0 Å². The van der Waals surface area contributed by atoms with E-state index in [1.54, 1.807) is 12.1 Å². The minimum atomic E-state index is -4.26. The molecule has 1 aliphatic carbocycles. The second kappa shape index (κ2) is 8.72. The molecule has 0 bridgehead atoms. The van der Waals surface area contributed by atoms with Crippen molar-refractivity contribution in [2.75, 3.05) is 45.9 Å². The third-order valence-corrected chi connectivity index (χ3v) is 6.66. The van der Waals surface area contributed by atoms with Crippen LogP contribution in [0.2, 0.25) is 0 Å². The average molecular weight is 396 g/mol. The van der Waals surface area contributed by atoms with Gasteiger partial charge < -0.3 is 9.64 Å². The predicted octanol–water partition coefficient (Wildman–Crippen LogP) is 4.28. The number of likely N-dealkylation sites (tertiary alicyclic amines) is 2. The highest BCUT2D eigenvalue weighted by Crippen LogP contribution is 2.52. The summed E-state index contributed by atoms with van der Waals surface area (Å²) >= 11 is 0. The van der Waals surface area contributed by atoms with Gasteiger partial charge >= 0.3 is 6.18 Å². The van der Waals surface area contributed by atoms with Gasteiger partial charge in [0.15, 0.2) is 0 Å². The monoisotopic (exact) mass is 396 g/mol. The molecule has 1 unspecified atom stereocenters. The Hall–Kier alpha value is -1.11. The molecule has 0 amide bonds. The molecule has 1 aromatic carbocycles. The quantitative estimate of drug-likeness (QED) is 0.610. The average Bonchev–Trinajstić information content (AvgIpc) is 3.13. The van der Waals surface area contributed by atoms with Gasteiger partial charge in [0.1, 0.15) is 0 Å². The standard InChI is InChI=1S/C22H31F3N2O/c23-22(24,25)18-7-5-17(6-8-18)13-27-14-19-20(15-27)21(19)16-28-12-4-11-26-9-2-1-3-10-26/h5-8,19-21H,1-4,9-16H2/t19-,20+,21?. The summed E-state index contributed by atoms with van der Waals surface area (Å²) in [4.78, 5) is 4.92. The van der Waals surface area contributed by atoms with Gasteiger partial charge in [0.2, 0.25) is 0 Å². The highest BCUT2D eigenvalue weighted by Gasteiger charge is 2.55. The van der Waals surface area contributed by atoms with Crippen molar-refractivity contribution in [3.63, 3.8) is 0 Å². The summed E-state index contributed by atoms with van der Waals surface area (Å²) in [5, 5.41) is 0. The van der Waals surface area contributed by atoms with E-state index < -0.39 is 11.7 Å². The molecule has 4 rings (SSSR count). The Bertz CT molecular complexity index is 616. The normalized spacial score (nSPS) is 28.5. The van der Waals surface area contributed by atoms with Crippen LogP contribution in [0.15, 0.2) is 24.3 Å². The first kappa shape index (κ1) is 20.2. The molecule has 3 atom stereocenters. The molecule has 28 heavy (non-hydrogen) atoms. The molecule has 2 saturated heterocycles. The Morgan fingerprint density at radius 2 is 1.61 bits per heavy atom. The Labute approximate surface area is 165 Å². The van der Waals surface area contributed by atoms with Crippen molar-refractivity contribution in [1.82, 2.24) is 9.80 Å². The molecular weight excluding hydrogens is 365 g/mol. The summed E-state index contributed by atoms with van der Waals surface area (Å²) in [7, 11) is 0. The van der Waals surface area contributed by atoms with Crippen LogP contribution in [0.1, 0.15) is 36.8 Å². The first-order chi connectivity index (χ1) is 13.5. The van der Waals surface area contributed by atoms with Crippen LogP contribution in [-0.2, 0) is 17.5 Å². The number of alkyl halides is 3. The molecular formula is C22H31F3N2O. The second-order valence-electron chi connectivity index (χ2n) is 8.71. The highest BCUT2D eigenvalue weighted by molar-refractivity contribution is 5.25. The van der Waals surface area contributed by atoms with Crippen molar-refractivity contribution < 1.29 is 17.9 Å². The maximum atomic E-state index is 12.6. The zero-order valence-electron chi connectivity index (χ0n) is 16.5. The van der Waals surface area contributed by atoms with Gasteiger partial charge in [-0.1, -0.05) is 18.6 Å². The Kier molecular flexibility index (Phi) is 6.28. The topological polar surface area (TPSA) is 15.7 Å². The van der Waals surface area contributed by atoms with Crippen LogP contribution in [0.4, 0.5) is 13.2 Å². The van der Waals surface area contributed by atoms with Crippen LogP contribution in [0.3, 0.4) is 0 Å². The van der Waals surface area contributed by atoms with E-state index in [-0.39, 0.29) is 0 Å². The molecule has 156 valence electrons. The van der Waals surface area contributed by atoms with Gasteiger partial charge in [-0.15, -0.1) is 0 Å². The summed E-state index contributed by atoms with van der Waals surface area (Å²) in [5.41, 5.74) is 0.387. The predicted molar refractivity (Wildman–Crippen MR) is 103 cm³/mol. The molecule has 3 fully saturated rings. The van der Waals surface area contributed by atoms with E-state index >= 15 is 0 Å². The second-order valence-corrected chi connectivity index (χ2v) is 8.71. The van der Waals surface area contributed by atoms with Crippen molar-refractivity contribution >= 4 is 0 Å². The summed E-state index contributed by atoms with van der Waals surface area (Å²) in [6, 6.07) is 5.59. The molecule has 3 nitrogen and oxygen atoms in total. The number of nitrogens with zero attached hydrogens (tertiary/aromatic N) is 2. The molecule has 3 aliphatic rings. The Balaban J connectivity index is 1.09. The van der Waals surface area contributed by atoms with Crippen molar-refractivity contribution in [3.05, 3.63) is 35.4 Å². The van der Waals surface area contributed by atoms with Gasteiger partial charge in [0.25, 0.3) is 0 Å². The zero-order chi connectivity index (χ0) is 19.6. The van der Waals surface area contributed by atoms with Crippen molar-refractivity contribution in [3.8, 4) is 0 Å². The SMILES string of the molecule is FC(F)(F)c1ccc(CN2C[C@@H]3C(COCCCN4CCCCC4)[C@@H]3C2)cc1. The van der Waals surface area contributed by atoms with Crippen molar-refractivity contribution in [2.24, 2.45) is 17.8 Å². The lowest BCUT2D eigenvalue weighted by Crippen LogP contribution is -2.31. The van der Waals surface area contributed by atoms with Crippen LogP contribution >= 0.6 is 0 Å². The molecule has 2 aliphatic heterocycles. The molecule has 1 saturated carbocycles. The highest BCUT2D eigenvalue weighted by atomic mass is 19.4. The van der Waals surface area contributed by atoms with Gasteiger partial charge in [0.05, 0.1) is 12.2 Å². The number of ether oxygens (including phenoxy) is 1. The van der Waals surface area contributed by atoms with E-state index in [1.807, 2.05) is 0 Å². The van der Waals surface area contributed by atoms with Crippen molar-refractivity contribution in [1.29, 1.82) is 0 Å². The van der Waals surface area contributed by atoms with E-state index in [4.69, 9.17) is 4.74 Å². The third-order valence-electron chi connectivity index (χ3n) is 6.66. The number of piperidine rings is 2. The fourth-order valence-corrected chi connectivity index (χ4v) is 4.96. The maximum Gasteiger partial charge on any atom is 0.416 e. The van der Waals surface area contributed by atoms with E-state index in [0.29, 0.717) is 5.92 Å². The largest absolute Gasteiger partial charge is 0.416 e. The van der Waals surface area contributed by atoms with Gasteiger partial charge in [-0.25, -0.2) is 0 Å². The van der Waals surface area contributed by atoms with Crippen LogP contribution in [-0.4, -0.2) is 55.7 Å². The van der Waals surface area contributed by atoms with Crippen LogP contribution in [0.25, 0.3) is 0 Å². The lowest BCUT2D eigenvalue weighted by atomic mass is 10.1. The van der Waals surface area contributed by atoms with E-state index in [2.05, 4.69) is 9.80 Å². The minimum absolute atomic E-state index is 0.571. The fourth-order valence-electron chi connectivity index (χ4n) is 4.96. The third kappa shape index (κ3) is 5.08. The van der Waals surface area contributed by atoms with E-state index in [1.165, 1.54) is 51.0 Å². The lowest BCUT2D eigenvalue weighted by molar-refractivity contribution is -0.137. The molecule has 0 spiro atoms. The number of hydrogen-bond acceptors (Lipinski definition) is 3. The number of halogens is 3. The summed E-state index contributed by atoms with van der Waals surface area (Å²) in [6.07, 6.45) is 0.939. The molecule has 2 heterocycles. The van der Waals surface area contributed by atoms with Crippen molar-refractivity contribution in [2.45, 2.75) is 38.4 Å². The smallest absolute Gasteiger partial charge is 0.381 e. The number of fused-ring (bicyclic) bond motifs is 1. The first-order valence-corrected chi connectivity index (χ1v) is 10.7. The molecule has 1 aromatic rings. The van der Waals surface area contributed by atoms with Crippen LogP contribution in [0, 0.1) is 17.8 Å². The summed E-state index contributed by atoms with van der Waals surface area (Å²) in [5.74, 6) is 2.13. The molecule has 0 N–H and O–H groups in total. The molecule has 0 radical (unpaired) electrons. The first-order valence-electron chi connectivity index (χ1n) is 10.7. The summed E-state index contributed by atoms with van der Waals surface area (Å²) in [6.45, 7) is 8.25. The van der Waals surface area contributed by atoms with Gasteiger partial charge in [0, 0.05) is 32.8 Å². The Morgan fingerprint density at radius 3 is 2.25 bits per heavy atom. The van der Waals surface area contributed by atoms with E-state index in [0.717, 1.165) is 56.7 Å². The fraction of sp³-hybridized carbons (Fsp3) is 0.727. The zero-order valence-corrected chi connectivity index (χ0v) is 16.5. The Morgan fingerprint density at radius 1 is 0.929 bits per heavy atom.